The van der Waals surface area contributed by atoms with Crippen molar-refractivity contribution in [2.45, 2.75) is 26.2 Å². The first kappa shape index (κ1) is 15.8. The summed E-state index contributed by atoms with van der Waals surface area (Å²) in [6, 6.07) is 9.61. The van der Waals surface area contributed by atoms with Gasteiger partial charge in [-0.25, -0.2) is 4.68 Å². The average Bonchev–Trinajstić information content (AvgIpc) is 2.92. The molecule has 1 amide bonds. The number of amides is 1. The van der Waals surface area contributed by atoms with E-state index in [1.165, 1.54) is 6.20 Å². The first-order chi connectivity index (χ1) is 10.6. The summed E-state index contributed by atoms with van der Waals surface area (Å²) in [5.74, 6) is -1.22. The Morgan fingerprint density at radius 1 is 1.27 bits per heavy atom. The van der Waals surface area contributed by atoms with Crippen molar-refractivity contribution in [2.75, 3.05) is 6.54 Å². The fourth-order valence-electron chi connectivity index (χ4n) is 2.21. The van der Waals surface area contributed by atoms with Crippen molar-refractivity contribution < 1.29 is 14.7 Å². The van der Waals surface area contributed by atoms with E-state index in [0.717, 1.165) is 24.2 Å². The minimum Gasteiger partial charge on any atom is -0.481 e. The highest BCUT2D eigenvalue weighted by molar-refractivity contribution is 5.95. The number of nitrogens with one attached hydrogen (secondary N) is 1. The molecule has 0 aliphatic carbocycles. The van der Waals surface area contributed by atoms with Gasteiger partial charge in [0.25, 0.3) is 5.91 Å². The molecule has 1 aromatic heterocycles. The fraction of sp³-hybridized carbons (Fsp3) is 0.312. The third-order valence-electron chi connectivity index (χ3n) is 3.23. The molecule has 0 aliphatic rings. The van der Waals surface area contributed by atoms with Crippen LogP contribution in [0.1, 0.15) is 35.8 Å². The Kier molecular flexibility index (Phi) is 5.30. The molecule has 0 fully saturated rings. The summed E-state index contributed by atoms with van der Waals surface area (Å²) >= 11 is 0. The highest BCUT2D eigenvalue weighted by Gasteiger charge is 2.17. The fourth-order valence-corrected chi connectivity index (χ4v) is 2.21. The van der Waals surface area contributed by atoms with Gasteiger partial charge in [0, 0.05) is 6.54 Å². The molecule has 0 spiro atoms. The van der Waals surface area contributed by atoms with Crippen LogP contribution in [0, 0.1) is 0 Å². The van der Waals surface area contributed by atoms with Crippen LogP contribution in [0.25, 0.3) is 5.69 Å². The van der Waals surface area contributed by atoms with Gasteiger partial charge in [-0.3, -0.25) is 9.59 Å². The van der Waals surface area contributed by atoms with Gasteiger partial charge in [0.15, 0.2) is 0 Å². The van der Waals surface area contributed by atoms with Crippen LogP contribution in [0.2, 0.25) is 0 Å². The lowest BCUT2D eigenvalue weighted by Crippen LogP contribution is -2.26. The lowest BCUT2D eigenvalue weighted by atomic mass is 10.1. The van der Waals surface area contributed by atoms with Crippen molar-refractivity contribution in [1.82, 2.24) is 15.1 Å². The van der Waals surface area contributed by atoms with E-state index >= 15 is 0 Å². The van der Waals surface area contributed by atoms with E-state index in [2.05, 4.69) is 10.4 Å². The molecule has 0 aliphatic heterocycles. The molecular weight excluding hydrogens is 282 g/mol. The van der Waals surface area contributed by atoms with Crippen LogP contribution in [0.5, 0.6) is 0 Å². The van der Waals surface area contributed by atoms with E-state index < -0.39 is 5.97 Å². The Morgan fingerprint density at radius 3 is 2.64 bits per heavy atom. The number of carboxylic acids is 1. The Morgan fingerprint density at radius 2 is 2.00 bits per heavy atom. The van der Waals surface area contributed by atoms with Gasteiger partial charge in [0.1, 0.15) is 0 Å². The maximum absolute atomic E-state index is 12.2. The minimum absolute atomic E-state index is 0.0956. The number of aliphatic carboxylic acids is 1. The summed E-state index contributed by atoms with van der Waals surface area (Å²) in [5.41, 5.74) is 2.23. The molecule has 2 rings (SSSR count). The molecule has 22 heavy (non-hydrogen) atoms. The third kappa shape index (κ3) is 3.72. The minimum atomic E-state index is -0.936. The van der Waals surface area contributed by atoms with Gasteiger partial charge in [-0.2, -0.15) is 5.10 Å². The summed E-state index contributed by atoms with van der Waals surface area (Å²) in [7, 11) is 0. The molecule has 0 bridgehead atoms. The number of nitrogens with zero attached hydrogens (tertiary/aromatic N) is 2. The molecule has 0 unspecified atom stereocenters. The zero-order valence-electron chi connectivity index (χ0n) is 12.5. The molecule has 1 aromatic carbocycles. The number of hydrogen-bond acceptors (Lipinski definition) is 3. The quantitative estimate of drug-likeness (QED) is 0.819. The van der Waals surface area contributed by atoms with Crippen molar-refractivity contribution in [1.29, 1.82) is 0 Å². The van der Waals surface area contributed by atoms with Crippen LogP contribution in [-0.4, -0.2) is 33.3 Å². The SMILES string of the molecule is CCCc1c(C(=O)NCCC(=O)O)cnn1-c1ccccc1. The second-order valence-electron chi connectivity index (χ2n) is 4.90. The number of hydrogen-bond donors (Lipinski definition) is 2. The number of carboxylic acid groups (broad SMARTS) is 1. The summed E-state index contributed by atoms with van der Waals surface area (Å²) in [6.07, 6.45) is 3.04. The predicted molar refractivity (Wildman–Crippen MR) is 82.1 cm³/mol. The predicted octanol–water partition coefficient (Wildman–Crippen LogP) is 2.03. The monoisotopic (exact) mass is 301 g/mol. The summed E-state index contributed by atoms with van der Waals surface area (Å²) in [5, 5.41) is 15.6. The van der Waals surface area contributed by atoms with Gasteiger partial charge in [0.05, 0.1) is 29.6 Å². The second kappa shape index (κ2) is 7.40. The Labute approximate surface area is 128 Å². The van der Waals surface area contributed by atoms with E-state index in [4.69, 9.17) is 5.11 Å². The van der Waals surface area contributed by atoms with Crippen molar-refractivity contribution in [3.63, 3.8) is 0 Å². The summed E-state index contributed by atoms with van der Waals surface area (Å²) < 4.78 is 1.76. The van der Waals surface area contributed by atoms with Crippen LogP contribution in [0.15, 0.2) is 36.5 Å². The topological polar surface area (TPSA) is 84.2 Å². The maximum atomic E-state index is 12.2. The van der Waals surface area contributed by atoms with E-state index in [9.17, 15) is 9.59 Å². The van der Waals surface area contributed by atoms with Crippen LogP contribution < -0.4 is 5.32 Å². The Bertz CT molecular complexity index is 650. The normalized spacial score (nSPS) is 10.4. The summed E-state index contributed by atoms with van der Waals surface area (Å²) in [4.78, 5) is 22.7. The van der Waals surface area contributed by atoms with E-state index in [0.29, 0.717) is 5.56 Å². The molecule has 6 heteroatoms. The van der Waals surface area contributed by atoms with Gasteiger partial charge in [-0.1, -0.05) is 31.5 Å². The summed E-state index contributed by atoms with van der Waals surface area (Å²) in [6.45, 7) is 2.14. The van der Waals surface area contributed by atoms with Crippen molar-refractivity contribution in [3.05, 3.63) is 47.8 Å². The lowest BCUT2D eigenvalue weighted by molar-refractivity contribution is -0.136. The number of aromatic nitrogens is 2. The van der Waals surface area contributed by atoms with Crippen molar-refractivity contribution >= 4 is 11.9 Å². The molecular formula is C16H19N3O3. The highest BCUT2D eigenvalue weighted by atomic mass is 16.4. The molecule has 1 heterocycles. The van der Waals surface area contributed by atoms with Gasteiger partial charge in [-0.05, 0) is 18.6 Å². The van der Waals surface area contributed by atoms with Crippen LogP contribution >= 0.6 is 0 Å². The van der Waals surface area contributed by atoms with Gasteiger partial charge >= 0.3 is 5.97 Å². The zero-order chi connectivity index (χ0) is 15.9. The number of rotatable bonds is 7. The molecule has 116 valence electrons. The molecule has 2 N–H and O–H groups in total. The van der Waals surface area contributed by atoms with E-state index in [1.807, 2.05) is 37.3 Å². The van der Waals surface area contributed by atoms with E-state index in [1.54, 1.807) is 4.68 Å². The third-order valence-corrected chi connectivity index (χ3v) is 3.23. The van der Waals surface area contributed by atoms with Crippen molar-refractivity contribution in [3.8, 4) is 5.69 Å². The largest absolute Gasteiger partial charge is 0.481 e. The zero-order valence-corrected chi connectivity index (χ0v) is 12.5. The molecule has 0 saturated heterocycles. The molecule has 0 radical (unpaired) electrons. The van der Waals surface area contributed by atoms with Crippen LogP contribution in [-0.2, 0) is 11.2 Å². The average molecular weight is 301 g/mol. The number of benzene rings is 1. The molecule has 6 nitrogen and oxygen atoms in total. The maximum Gasteiger partial charge on any atom is 0.305 e. The van der Waals surface area contributed by atoms with E-state index in [-0.39, 0.29) is 18.9 Å². The number of carbonyl (C=O) groups excluding carboxylic acids is 1. The lowest BCUT2D eigenvalue weighted by Gasteiger charge is -2.09. The second-order valence-corrected chi connectivity index (χ2v) is 4.90. The van der Waals surface area contributed by atoms with Gasteiger partial charge in [0.2, 0.25) is 0 Å². The number of carbonyl (C=O) groups is 2. The molecule has 0 saturated carbocycles. The first-order valence-corrected chi connectivity index (χ1v) is 7.25. The van der Waals surface area contributed by atoms with Crippen molar-refractivity contribution in [2.24, 2.45) is 0 Å². The van der Waals surface area contributed by atoms with Crippen LogP contribution in [0.4, 0.5) is 0 Å². The standard InChI is InChI=1S/C16H19N3O3/c1-2-6-14-13(16(22)17-10-9-15(20)21)11-18-19(14)12-7-4-3-5-8-12/h3-5,7-8,11H,2,6,9-10H2,1H3,(H,17,22)(H,20,21). The highest BCUT2D eigenvalue weighted by Crippen LogP contribution is 2.16. The first-order valence-electron chi connectivity index (χ1n) is 7.25. The Hall–Kier alpha value is -2.63. The van der Waals surface area contributed by atoms with Gasteiger partial charge in [-0.15, -0.1) is 0 Å². The molecule has 2 aromatic rings. The van der Waals surface area contributed by atoms with Crippen LogP contribution in [0.3, 0.4) is 0 Å². The van der Waals surface area contributed by atoms with Gasteiger partial charge < -0.3 is 10.4 Å². The number of para-hydroxylation sites is 1. The molecule has 0 atom stereocenters. The smallest absolute Gasteiger partial charge is 0.305 e. The Balaban J connectivity index is 2.23.